The highest BCUT2D eigenvalue weighted by Crippen LogP contribution is 2.22. The first kappa shape index (κ1) is 12.0. The highest BCUT2D eigenvalue weighted by atomic mass is 16.6. The number of nitrogens with zero attached hydrogens (tertiary/aromatic N) is 3. The SMILES string of the molecule is CC(C)(C)OC(=O)N1CC[C@@H](n2cccn2)C1. The third kappa shape index (κ3) is 2.99. The number of hydrogen-bond donors (Lipinski definition) is 0. The summed E-state index contributed by atoms with van der Waals surface area (Å²) in [6.45, 7) is 7.06. The van der Waals surface area contributed by atoms with Crippen molar-refractivity contribution < 1.29 is 9.53 Å². The van der Waals surface area contributed by atoms with Crippen LogP contribution in [0.15, 0.2) is 18.5 Å². The van der Waals surface area contributed by atoms with Crippen molar-refractivity contribution in [2.45, 2.75) is 38.8 Å². The van der Waals surface area contributed by atoms with Crippen LogP contribution >= 0.6 is 0 Å². The van der Waals surface area contributed by atoms with E-state index in [4.69, 9.17) is 4.74 Å². The Labute approximate surface area is 101 Å². The van der Waals surface area contributed by atoms with Gasteiger partial charge < -0.3 is 9.64 Å². The minimum absolute atomic E-state index is 0.229. The molecule has 1 aliphatic rings. The second-order valence-corrected chi connectivity index (χ2v) is 5.35. The second-order valence-electron chi connectivity index (χ2n) is 5.35. The Morgan fingerprint density at radius 1 is 1.47 bits per heavy atom. The highest BCUT2D eigenvalue weighted by molar-refractivity contribution is 5.68. The molecule has 1 aliphatic heterocycles. The van der Waals surface area contributed by atoms with Gasteiger partial charge in [0.15, 0.2) is 0 Å². The van der Waals surface area contributed by atoms with Gasteiger partial charge in [0, 0.05) is 25.5 Å². The van der Waals surface area contributed by atoms with E-state index in [0.717, 1.165) is 13.0 Å². The van der Waals surface area contributed by atoms with Crippen LogP contribution in [0.1, 0.15) is 33.2 Å². The van der Waals surface area contributed by atoms with Gasteiger partial charge in [-0.25, -0.2) is 4.79 Å². The van der Waals surface area contributed by atoms with E-state index in [1.54, 1.807) is 11.1 Å². The second kappa shape index (κ2) is 4.39. The van der Waals surface area contributed by atoms with E-state index >= 15 is 0 Å². The van der Waals surface area contributed by atoms with Crippen molar-refractivity contribution in [1.82, 2.24) is 14.7 Å². The van der Waals surface area contributed by atoms with Crippen molar-refractivity contribution in [1.29, 1.82) is 0 Å². The summed E-state index contributed by atoms with van der Waals surface area (Å²) in [6, 6.07) is 2.17. The first-order valence-corrected chi connectivity index (χ1v) is 5.93. The maximum absolute atomic E-state index is 11.9. The maximum atomic E-state index is 11.9. The fraction of sp³-hybridized carbons (Fsp3) is 0.667. The molecule has 1 fully saturated rings. The number of carbonyl (C=O) groups is 1. The Bertz CT molecular complexity index is 381. The van der Waals surface area contributed by atoms with Gasteiger partial charge in [-0.3, -0.25) is 4.68 Å². The van der Waals surface area contributed by atoms with Gasteiger partial charge in [-0.05, 0) is 33.3 Å². The Kier molecular flexibility index (Phi) is 3.09. The van der Waals surface area contributed by atoms with E-state index in [1.165, 1.54) is 0 Å². The quantitative estimate of drug-likeness (QED) is 0.751. The summed E-state index contributed by atoms with van der Waals surface area (Å²) in [4.78, 5) is 13.6. The first-order chi connectivity index (χ1) is 7.96. The van der Waals surface area contributed by atoms with Crippen LogP contribution in [0.5, 0.6) is 0 Å². The lowest BCUT2D eigenvalue weighted by Crippen LogP contribution is -2.35. The molecule has 0 bridgehead atoms. The fourth-order valence-electron chi connectivity index (χ4n) is 1.95. The summed E-state index contributed by atoms with van der Waals surface area (Å²) in [5, 5.41) is 4.20. The number of rotatable bonds is 1. The largest absolute Gasteiger partial charge is 0.444 e. The van der Waals surface area contributed by atoms with Crippen molar-refractivity contribution in [3.8, 4) is 0 Å². The molecule has 1 aromatic heterocycles. The third-order valence-corrected chi connectivity index (χ3v) is 2.71. The molecule has 94 valence electrons. The summed E-state index contributed by atoms with van der Waals surface area (Å²) in [7, 11) is 0. The van der Waals surface area contributed by atoms with Gasteiger partial charge in [0.2, 0.25) is 0 Å². The van der Waals surface area contributed by atoms with Crippen LogP contribution < -0.4 is 0 Å². The minimum atomic E-state index is -0.430. The van der Waals surface area contributed by atoms with Gasteiger partial charge in [0.25, 0.3) is 0 Å². The van der Waals surface area contributed by atoms with E-state index in [-0.39, 0.29) is 12.1 Å². The Balaban J connectivity index is 1.92. The molecular formula is C12H19N3O2. The van der Waals surface area contributed by atoms with Gasteiger partial charge in [0.1, 0.15) is 5.60 Å². The molecule has 1 amide bonds. The molecule has 5 nitrogen and oxygen atoms in total. The van der Waals surface area contributed by atoms with E-state index in [2.05, 4.69) is 5.10 Å². The predicted octanol–water partition coefficient (Wildman–Crippen LogP) is 2.06. The molecule has 1 atom stereocenters. The Morgan fingerprint density at radius 2 is 2.24 bits per heavy atom. The topological polar surface area (TPSA) is 47.4 Å². The van der Waals surface area contributed by atoms with Crippen LogP contribution in [0.25, 0.3) is 0 Å². The van der Waals surface area contributed by atoms with E-state index < -0.39 is 5.60 Å². The summed E-state index contributed by atoms with van der Waals surface area (Å²) >= 11 is 0. The number of carbonyl (C=O) groups excluding carboxylic acids is 1. The zero-order valence-electron chi connectivity index (χ0n) is 10.6. The Hall–Kier alpha value is -1.52. The molecule has 1 saturated heterocycles. The van der Waals surface area contributed by atoms with Crippen LogP contribution in [0.4, 0.5) is 4.79 Å². The number of hydrogen-bond acceptors (Lipinski definition) is 3. The molecule has 0 unspecified atom stereocenters. The zero-order chi connectivity index (χ0) is 12.5. The zero-order valence-corrected chi connectivity index (χ0v) is 10.6. The molecule has 0 radical (unpaired) electrons. The van der Waals surface area contributed by atoms with Crippen molar-refractivity contribution in [3.05, 3.63) is 18.5 Å². The van der Waals surface area contributed by atoms with E-state index in [0.29, 0.717) is 6.54 Å². The van der Waals surface area contributed by atoms with Crippen LogP contribution in [0.2, 0.25) is 0 Å². The summed E-state index contributed by atoms with van der Waals surface area (Å²) in [5.74, 6) is 0. The van der Waals surface area contributed by atoms with Gasteiger partial charge in [0.05, 0.1) is 6.04 Å². The monoisotopic (exact) mass is 237 g/mol. The van der Waals surface area contributed by atoms with E-state index in [1.807, 2.05) is 37.7 Å². The lowest BCUT2D eigenvalue weighted by molar-refractivity contribution is 0.0288. The fourth-order valence-corrected chi connectivity index (χ4v) is 1.95. The number of aromatic nitrogens is 2. The van der Waals surface area contributed by atoms with Crippen molar-refractivity contribution in [2.24, 2.45) is 0 Å². The van der Waals surface area contributed by atoms with E-state index in [9.17, 15) is 4.79 Å². The summed E-state index contributed by atoms with van der Waals surface area (Å²) < 4.78 is 7.25. The molecule has 17 heavy (non-hydrogen) atoms. The normalized spacial score (nSPS) is 20.6. The van der Waals surface area contributed by atoms with Crippen molar-refractivity contribution in [3.63, 3.8) is 0 Å². The van der Waals surface area contributed by atoms with Crippen LogP contribution in [0, 0.1) is 0 Å². The van der Waals surface area contributed by atoms with Crippen molar-refractivity contribution >= 4 is 6.09 Å². The van der Waals surface area contributed by atoms with Gasteiger partial charge in [-0.1, -0.05) is 0 Å². The molecule has 0 aromatic carbocycles. The Morgan fingerprint density at radius 3 is 2.82 bits per heavy atom. The molecule has 1 aromatic rings. The minimum Gasteiger partial charge on any atom is -0.444 e. The molecule has 0 N–H and O–H groups in total. The smallest absolute Gasteiger partial charge is 0.410 e. The first-order valence-electron chi connectivity index (χ1n) is 5.93. The number of ether oxygens (including phenoxy) is 1. The van der Waals surface area contributed by atoms with Gasteiger partial charge in [-0.2, -0.15) is 5.10 Å². The molecule has 5 heteroatoms. The number of amides is 1. The van der Waals surface area contributed by atoms with Gasteiger partial charge in [-0.15, -0.1) is 0 Å². The highest BCUT2D eigenvalue weighted by Gasteiger charge is 2.30. The maximum Gasteiger partial charge on any atom is 0.410 e. The average molecular weight is 237 g/mol. The number of likely N-dealkylation sites (tertiary alicyclic amines) is 1. The molecule has 0 spiro atoms. The lowest BCUT2D eigenvalue weighted by atomic mass is 10.2. The third-order valence-electron chi connectivity index (χ3n) is 2.71. The van der Waals surface area contributed by atoms with Crippen LogP contribution in [0.3, 0.4) is 0 Å². The van der Waals surface area contributed by atoms with Crippen LogP contribution in [-0.4, -0.2) is 39.5 Å². The molecular weight excluding hydrogens is 218 g/mol. The molecule has 2 heterocycles. The predicted molar refractivity (Wildman–Crippen MR) is 63.7 cm³/mol. The summed E-state index contributed by atoms with van der Waals surface area (Å²) in [5.41, 5.74) is -0.430. The molecule has 0 saturated carbocycles. The van der Waals surface area contributed by atoms with Crippen molar-refractivity contribution in [2.75, 3.05) is 13.1 Å². The van der Waals surface area contributed by atoms with Crippen LogP contribution in [-0.2, 0) is 4.74 Å². The molecule has 0 aliphatic carbocycles. The van der Waals surface area contributed by atoms with Gasteiger partial charge >= 0.3 is 6.09 Å². The summed E-state index contributed by atoms with van der Waals surface area (Å²) in [6.07, 6.45) is 4.40. The lowest BCUT2D eigenvalue weighted by Gasteiger charge is -2.24. The average Bonchev–Trinajstić information content (AvgIpc) is 2.86. The standard InChI is InChI=1S/C12H19N3O2/c1-12(2,3)17-11(16)14-8-5-10(9-14)15-7-4-6-13-15/h4,6-7,10H,5,8-9H2,1-3H3/t10-/m1/s1. The molecule has 2 rings (SSSR count).